The summed E-state index contributed by atoms with van der Waals surface area (Å²) in [7, 11) is 0. The van der Waals surface area contributed by atoms with Crippen LogP contribution < -0.4 is 5.73 Å². The van der Waals surface area contributed by atoms with Crippen LogP contribution in [0.4, 0.5) is 5.82 Å². The second kappa shape index (κ2) is 4.15. The molecule has 3 aromatic heterocycles. The summed E-state index contributed by atoms with van der Waals surface area (Å²) in [5.74, 6) is 0.258. The summed E-state index contributed by atoms with van der Waals surface area (Å²) < 4.78 is 1.89. The van der Waals surface area contributed by atoms with Crippen molar-refractivity contribution in [1.29, 1.82) is 0 Å². The van der Waals surface area contributed by atoms with E-state index in [2.05, 4.69) is 9.97 Å². The molecule has 0 saturated carbocycles. The van der Waals surface area contributed by atoms with Gasteiger partial charge in [0.25, 0.3) is 0 Å². The van der Waals surface area contributed by atoms with E-state index in [1.807, 2.05) is 28.8 Å². The SMILES string of the molecule is Nc1nc(-c2cccc3nccn23)c(Cl)cc1Cl. The standard InChI is InChI=1S/C12H8Cl2N4/c13-7-6-8(14)12(15)17-11(7)9-2-1-3-10-16-4-5-18(9)10/h1-6H,(H2,15,17). The lowest BCUT2D eigenvalue weighted by Crippen LogP contribution is -1.98. The third-order valence-corrected chi connectivity index (χ3v) is 3.22. The van der Waals surface area contributed by atoms with E-state index in [4.69, 9.17) is 28.9 Å². The van der Waals surface area contributed by atoms with E-state index in [9.17, 15) is 0 Å². The quantitative estimate of drug-likeness (QED) is 0.743. The number of halogens is 2. The van der Waals surface area contributed by atoms with Crippen molar-refractivity contribution in [3.8, 4) is 11.4 Å². The number of nitrogens with two attached hydrogens (primary N) is 1. The summed E-state index contributed by atoms with van der Waals surface area (Å²) in [4.78, 5) is 8.45. The molecule has 0 fully saturated rings. The van der Waals surface area contributed by atoms with Gasteiger partial charge in [-0.15, -0.1) is 0 Å². The van der Waals surface area contributed by atoms with E-state index in [1.165, 1.54) is 0 Å². The van der Waals surface area contributed by atoms with E-state index in [0.717, 1.165) is 11.3 Å². The fraction of sp³-hybridized carbons (Fsp3) is 0. The molecule has 0 saturated heterocycles. The average Bonchev–Trinajstić information content (AvgIpc) is 2.82. The van der Waals surface area contributed by atoms with Crippen molar-refractivity contribution >= 4 is 34.7 Å². The van der Waals surface area contributed by atoms with Crippen LogP contribution in [0.1, 0.15) is 0 Å². The fourth-order valence-corrected chi connectivity index (χ4v) is 2.26. The normalized spacial score (nSPS) is 11.0. The zero-order valence-electron chi connectivity index (χ0n) is 9.14. The minimum absolute atomic E-state index is 0.258. The lowest BCUT2D eigenvalue weighted by atomic mass is 10.2. The van der Waals surface area contributed by atoms with Gasteiger partial charge in [-0.05, 0) is 18.2 Å². The Morgan fingerprint density at radius 1 is 1.17 bits per heavy atom. The summed E-state index contributed by atoms with van der Waals surface area (Å²) in [6, 6.07) is 7.28. The topological polar surface area (TPSA) is 56.2 Å². The van der Waals surface area contributed by atoms with Crippen LogP contribution in [0.5, 0.6) is 0 Å². The first-order valence-corrected chi connectivity index (χ1v) is 5.96. The molecule has 0 aliphatic rings. The minimum Gasteiger partial charge on any atom is -0.382 e. The van der Waals surface area contributed by atoms with Gasteiger partial charge in [0.05, 0.1) is 15.7 Å². The van der Waals surface area contributed by atoms with Crippen molar-refractivity contribution in [3.63, 3.8) is 0 Å². The van der Waals surface area contributed by atoms with Gasteiger partial charge in [-0.2, -0.15) is 0 Å². The number of hydrogen-bond donors (Lipinski definition) is 1. The van der Waals surface area contributed by atoms with Crippen molar-refractivity contribution in [1.82, 2.24) is 14.4 Å². The highest BCUT2D eigenvalue weighted by atomic mass is 35.5. The Kier molecular flexibility index (Phi) is 2.61. The highest BCUT2D eigenvalue weighted by molar-refractivity contribution is 6.37. The number of fused-ring (bicyclic) bond motifs is 1. The second-order valence-corrected chi connectivity index (χ2v) is 4.57. The van der Waals surface area contributed by atoms with Gasteiger partial charge in [-0.1, -0.05) is 29.3 Å². The Balaban J connectivity index is 2.32. The summed E-state index contributed by atoms with van der Waals surface area (Å²) in [6.07, 6.45) is 3.56. The molecule has 0 unspecified atom stereocenters. The highest BCUT2D eigenvalue weighted by Crippen LogP contribution is 2.31. The largest absolute Gasteiger partial charge is 0.382 e. The van der Waals surface area contributed by atoms with Gasteiger partial charge >= 0.3 is 0 Å². The van der Waals surface area contributed by atoms with Gasteiger partial charge in [0.1, 0.15) is 17.2 Å². The van der Waals surface area contributed by atoms with E-state index < -0.39 is 0 Å². The first-order chi connectivity index (χ1) is 8.66. The van der Waals surface area contributed by atoms with Gasteiger partial charge in [-0.3, -0.25) is 4.40 Å². The first-order valence-electron chi connectivity index (χ1n) is 5.21. The Labute approximate surface area is 113 Å². The molecule has 0 aliphatic heterocycles. The van der Waals surface area contributed by atoms with Crippen molar-refractivity contribution < 1.29 is 0 Å². The molecule has 4 nitrogen and oxygen atoms in total. The maximum Gasteiger partial charge on any atom is 0.143 e. The number of hydrogen-bond acceptors (Lipinski definition) is 3. The molecule has 6 heteroatoms. The number of pyridine rings is 2. The van der Waals surface area contributed by atoms with Crippen LogP contribution in [0.2, 0.25) is 10.0 Å². The summed E-state index contributed by atoms with van der Waals surface area (Å²) in [5, 5.41) is 0.803. The molecule has 0 atom stereocenters. The number of nitrogens with zero attached hydrogens (tertiary/aromatic N) is 3. The van der Waals surface area contributed by atoms with Gasteiger partial charge < -0.3 is 5.73 Å². The Morgan fingerprint density at radius 3 is 2.83 bits per heavy atom. The number of nitrogen functional groups attached to an aromatic ring is 1. The molecule has 0 spiro atoms. The molecule has 3 rings (SSSR count). The molecule has 3 heterocycles. The van der Waals surface area contributed by atoms with Crippen molar-refractivity contribution in [3.05, 3.63) is 46.7 Å². The summed E-state index contributed by atoms with van der Waals surface area (Å²) >= 11 is 12.0. The number of imidazole rings is 1. The molecular formula is C12H8Cl2N4. The number of rotatable bonds is 1. The predicted molar refractivity (Wildman–Crippen MR) is 72.9 cm³/mol. The van der Waals surface area contributed by atoms with Gasteiger partial charge in [0.2, 0.25) is 0 Å². The minimum atomic E-state index is 0.258. The number of anilines is 1. The number of aromatic nitrogens is 3. The average molecular weight is 279 g/mol. The molecule has 2 N–H and O–H groups in total. The molecule has 90 valence electrons. The maximum atomic E-state index is 6.17. The predicted octanol–water partition coefficient (Wildman–Crippen LogP) is 3.29. The third kappa shape index (κ3) is 1.70. The summed E-state index contributed by atoms with van der Waals surface area (Å²) in [5.41, 5.74) is 7.94. The molecule has 0 aliphatic carbocycles. The van der Waals surface area contributed by atoms with Crippen molar-refractivity contribution in [2.45, 2.75) is 0 Å². The van der Waals surface area contributed by atoms with Crippen LogP contribution in [-0.4, -0.2) is 14.4 Å². The fourth-order valence-electron chi connectivity index (χ4n) is 1.80. The second-order valence-electron chi connectivity index (χ2n) is 3.75. The smallest absolute Gasteiger partial charge is 0.143 e. The monoisotopic (exact) mass is 278 g/mol. The molecule has 18 heavy (non-hydrogen) atoms. The Bertz CT molecular complexity index is 736. The van der Waals surface area contributed by atoms with E-state index >= 15 is 0 Å². The molecular weight excluding hydrogens is 271 g/mol. The first kappa shape index (κ1) is 11.3. The Morgan fingerprint density at radius 2 is 2.00 bits per heavy atom. The lowest BCUT2D eigenvalue weighted by molar-refractivity contribution is 1.16. The maximum absolute atomic E-state index is 6.17. The molecule has 0 radical (unpaired) electrons. The van der Waals surface area contributed by atoms with Crippen molar-refractivity contribution in [2.24, 2.45) is 0 Å². The van der Waals surface area contributed by atoms with Gasteiger partial charge in [0.15, 0.2) is 0 Å². The third-order valence-electron chi connectivity index (χ3n) is 2.63. The van der Waals surface area contributed by atoms with Crippen molar-refractivity contribution in [2.75, 3.05) is 5.73 Å². The van der Waals surface area contributed by atoms with E-state index in [0.29, 0.717) is 15.7 Å². The molecule has 3 aromatic rings. The van der Waals surface area contributed by atoms with Crippen LogP contribution in [0.15, 0.2) is 36.7 Å². The van der Waals surface area contributed by atoms with E-state index in [-0.39, 0.29) is 5.82 Å². The van der Waals surface area contributed by atoms with Crippen LogP contribution in [-0.2, 0) is 0 Å². The van der Waals surface area contributed by atoms with Crippen LogP contribution in [0, 0.1) is 0 Å². The lowest BCUT2D eigenvalue weighted by Gasteiger charge is -2.08. The Hall–Kier alpha value is -1.78. The molecule has 0 aromatic carbocycles. The zero-order chi connectivity index (χ0) is 12.7. The van der Waals surface area contributed by atoms with E-state index in [1.54, 1.807) is 12.3 Å². The highest BCUT2D eigenvalue weighted by Gasteiger charge is 2.12. The zero-order valence-corrected chi connectivity index (χ0v) is 10.7. The van der Waals surface area contributed by atoms with Crippen LogP contribution in [0.25, 0.3) is 17.0 Å². The van der Waals surface area contributed by atoms with Gasteiger partial charge in [0, 0.05) is 12.4 Å². The van der Waals surface area contributed by atoms with Gasteiger partial charge in [-0.25, -0.2) is 9.97 Å². The summed E-state index contributed by atoms with van der Waals surface area (Å²) in [6.45, 7) is 0. The molecule has 0 bridgehead atoms. The molecule has 0 amide bonds. The van der Waals surface area contributed by atoms with Crippen LogP contribution >= 0.6 is 23.2 Å². The van der Waals surface area contributed by atoms with Crippen LogP contribution in [0.3, 0.4) is 0 Å².